The number of nitrogens with one attached hydrogen (secondary N) is 1. The van der Waals surface area contributed by atoms with Crippen LogP contribution in [-0.2, 0) is 6.18 Å². The fourth-order valence-corrected chi connectivity index (χ4v) is 1.56. The lowest BCUT2D eigenvalue weighted by atomic mass is 10.1. The van der Waals surface area contributed by atoms with Gasteiger partial charge in [0.2, 0.25) is 5.89 Å². The van der Waals surface area contributed by atoms with Crippen molar-refractivity contribution in [3.05, 3.63) is 35.5 Å². The zero-order valence-corrected chi connectivity index (χ0v) is 10.6. The lowest BCUT2D eigenvalue weighted by Crippen LogP contribution is -2.12. The van der Waals surface area contributed by atoms with Crippen molar-refractivity contribution >= 4 is 0 Å². The highest BCUT2D eigenvalue weighted by molar-refractivity contribution is 5.55. The predicted molar refractivity (Wildman–Crippen MR) is 62.2 cm³/mol. The lowest BCUT2D eigenvalue weighted by Gasteiger charge is -2.09. The molecular weight excluding hydrogens is 278 g/mol. The molecule has 0 bridgehead atoms. The first kappa shape index (κ1) is 14.4. The predicted octanol–water partition coefficient (Wildman–Crippen LogP) is 3.17. The van der Waals surface area contributed by atoms with Crippen LogP contribution in [-0.4, -0.2) is 17.2 Å². The molecule has 2 rings (SSSR count). The van der Waals surface area contributed by atoms with E-state index in [-0.39, 0.29) is 23.4 Å². The molecule has 0 aliphatic rings. The number of benzene rings is 1. The third-order valence-corrected chi connectivity index (χ3v) is 2.78. The van der Waals surface area contributed by atoms with Crippen LogP contribution in [0, 0.1) is 5.82 Å². The summed E-state index contributed by atoms with van der Waals surface area (Å²) in [5.41, 5.74) is -1.74. The van der Waals surface area contributed by atoms with Gasteiger partial charge in [0, 0.05) is 0 Å². The van der Waals surface area contributed by atoms with Crippen LogP contribution in [0.2, 0.25) is 0 Å². The number of nitrogens with zero attached hydrogens (tertiary/aromatic N) is 2. The van der Waals surface area contributed by atoms with E-state index in [0.29, 0.717) is 6.07 Å². The maximum atomic E-state index is 13.9. The van der Waals surface area contributed by atoms with Crippen molar-refractivity contribution in [1.82, 2.24) is 15.5 Å². The van der Waals surface area contributed by atoms with Crippen LogP contribution in [0.15, 0.2) is 22.6 Å². The standard InChI is InChI=1S/C12H11F4N3O/c1-6(17-2)10-18-19-11(20-10)7-4-3-5-8(9(7)13)12(14,15)16/h3-6,17H,1-2H3. The fraction of sp³-hybridized carbons (Fsp3) is 0.333. The second-order valence-corrected chi connectivity index (χ2v) is 4.12. The van der Waals surface area contributed by atoms with Crippen molar-refractivity contribution in [2.24, 2.45) is 0 Å². The number of aromatic nitrogens is 2. The van der Waals surface area contributed by atoms with E-state index in [0.717, 1.165) is 12.1 Å². The number of hydrogen-bond donors (Lipinski definition) is 1. The quantitative estimate of drug-likeness (QED) is 0.882. The summed E-state index contributed by atoms with van der Waals surface area (Å²) in [4.78, 5) is 0. The summed E-state index contributed by atoms with van der Waals surface area (Å²) in [6.45, 7) is 1.72. The number of rotatable bonds is 3. The Kier molecular flexibility index (Phi) is 3.76. The maximum absolute atomic E-state index is 13.9. The molecule has 20 heavy (non-hydrogen) atoms. The van der Waals surface area contributed by atoms with Gasteiger partial charge in [0.25, 0.3) is 5.89 Å². The molecule has 0 saturated heterocycles. The van der Waals surface area contributed by atoms with Gasteiger partial charge in [-0.2, -0.15) is 13.2 Å². The van der Waals surface area contributed by atoms with Crippen LogP contribution in [0.5, 0.6) is 0 Å². The Bertz CT molecular complexity index is 609. The third-order valence-electron chi connectivity index (χ3n) is 2.78. The Labute approximate surface area is 111 Å². The van der Waals surface area contributed by atoms with Gasteiger partial charge in [-0.05, 0) is 26.1 Å². The summed E-state index contributed by atoms with van der Waals surface area (Å²) in [5.74, 6) is -1.54. The van der Waals surface area contributed by atoms with Crippen molar-refractivity contribution in [2.45, 2.75) is 19.1 Å². The average Bonchev–Trinajstić information content (AvgIpc) is 2.86. The van der Waals surface area contributed by atoms with Gasteiger partial charge in [-0.3, -0.25) is 0 Å². The molecule has 108 valence electrons. The van der Waals surface area contributed by atoms with Gasteiger partial charge in [-0.15, -0.1) is 10.2 Å². The van der Waals surface area contributed by atoms with Crippen molar-refractivity contribution in [3.63, 3.8) is 0 Å². The second-order valence-electron chi connectivity index (χ2n) is 4.12. The largest absolute Gasteiger partial charge is 0.419 e. The van der Waals surface area contributed by atoms with Crippen LogP contribution >= 0.6 is 0 Å². The van der Waals surface area contributed by atoms with E-state index < -0.39 is 17.6 Å². The lowest BCUT2D eigenvalue weighted by molar-refractivity contribution is -0.139. The second kappa shape index (κ2) is 5.20. The molecule has 1 atom stereocenters. The summed E-state index contributed by atoms with van der Waals surface area (Å²) in [7, 11) is 1.65. The molecule has 2 aromatic rings. The van der Waals surface area contributed by atoms with Crippen molar-refractivity contribution < 1.29 is 22.0 Å². The summed E-state index contributed by atoms with van der Waals surface area (Å²) in [6, 6.07) is 2.62. The number of halogens is 4. The van der Waals surface area contributed by atoms with Crippen LogP contribution in [0.1, 0.15) is 24.4 Å². The number of hydrogen-bond acceptors (Lipinski definition) is 4. The highest BCUT2D eigenvalue weighted by Crippen LogP contribution is 2.35. The summed E-state index contributed by atoms with van der Waals surface area (Å²) in [6.07, 6.45) is -4.78. The van der Waals surface area contributed by atoms with E-state index >= 15 is 0 Å². The zero-order valence-electron chi connectivity index (χ0n) is 10.6. The maximum Gasteiger partial charge on any atom is 0.419 e. The highest BCUT2D eigenvalue weighted by atomic mass is 19.4. The van der Waals surface area contributed by atoms with Gasteiger partial charge in [0.1, 0.15) is 5.82 Å². The molecule has 1 aromatic heterocycles. The van der Waals surface area contributed by atoms with Crippen molar-refractivity contribution in [1.29, 1.82) is 0 Å². The van der Waals surface area contributed by atoms with E-state index in [9.17, 15) is 17.6 Å². The Morgan fingerprint density at radius 1 is 1.25 bits per heavy atom. The molecule has 1 aromatic carbocycles. The van der Waals surface area contributed by atoms with Gasteiger partial charge < -0.3 is 9.73 Å². The fourth-order valence-electron chi connectivity index (χ4n) is 1.56. The van der Waals surface area contributed by atoms with Gasteiger partial charge >= 0.3 is 6.18 Å². The molecule has 1 N–H and O–H groups in total. The normalized spacial score (nSPS) is 13.5. The Balaban J connectivity index is 2.46. The Morgan fingerprint density at radius 2 is 1.95 bits per heavy atom. The van der Waals surface area contributed by atoms with Crippen LogP contribution in [0.3, 0.4) is 0 Å². The van der Waals surface area contributed by atoms with Gasteiger partial charge in [-0.25, -0.2) is 4.39 Å². The molecule has 0 spiro atoms. The molecule has 1 heterocycles. The molecule has 0 fully saturated rings. The van der Waals surface area contributed by atoms with Crippen molar-refractivity contribution in [2.75, 3.05) is 7.05 Å². The first-order valence-corrected chi connectivity index (χ1v) is 5.71. The molecule has 4 nitrogen and oxygen atoms in total. The molecule has 0 saturated carbocycles. The Hall–Kier alpha value is -1.96. The average molecular weight is 289 g/mol. The SMILES string of the molecule is CNC(C)c1nnc(-c2cccc(C(F)(F)F)c2F)o1. The van der Waals surface area contributed by atoms with E-state index in [1.807, 2.05) is 0 Å². The van der Waals surface area contributed by atoms with Gasteiger partial charge in [0.05, 0.1) is 17.2 Å². The molecule has 8 heteroatoms. The van der Waals surface area contributed by atoms with Gasteiger partial charge in [-0.1, -0.05) is 6.07 Å². The summed E-state index contributed by atoms with van der Waals surface area (Å²) < 4.78 is 56.9. The minimum Gasteiger partial charge on any atom is -0.419 e. The first-order chi connectivity index (χ1) is 9.34. The van der Waals surface area contributed by atoms with Crippen molar-refractivity contribution in [3.8, 4) is 11.5 Å². The first-order valence-electron chi connectivity index (χ1n) is 5.71. The molecule has 0 amide bonds. The number of alkyl halides is 3. The molecule has 1 unspecified atom stereocenters. The molecule has 0 radical (unpaired) electrons. The smallest absolute Gasteiger partial charge is 0.419 e. The topological polar surface area (TPSA) is 51.0 Å². The third kappa shape index (κ3) is 2.64. The van der Waals surface area contributed by atoms with E-state index in [1.165, 1.54) is 0 Å². The van der Waals surface area contributed by atoms with Crippen LogP contribution in [0.25, 0.3) is 11.5 Å². The minimum absolute atomic E-state index is 0.166. The summed E-state index contributed by atoms with van der Waals surface area (Å²) in [5, 5.41) is 10.1. The molecular formula is C12H11F4N3O. The van der Waals surface area contributed by atoms with E-state index in [1.54, 1.807) is 14.0 Å². The molecule has 0 aliphatic heterocycles. The highest BCUT2D eigenvalue weighted by Gasteiger charge is 2.35. The minimum atomic E-state index is -4.78. The van der Waals surface area contributed by atoms with E-state index in [2.05, 4.69) is 15.5 Å². The van der Waals surface area contributed by atoms with Crippen LogP contribution < -0.4 is 5.32 Å². The Morgan fingerprint density at radius 3 is 2.55 bits per heavy atom. The summed E-state index contributed by atoms with van der Waals surface area (Å²) >= 11 is 0. The zero-order chi connectivity index (χ0) is 14.9. The van der Waals surface area contributed by atoms with Gasteiger partial charge in [0.15, 0.2) is 0 Å². The molecule has 0 aliphatic carbocycles. The monoisotopic (exact) mass is 289 g/mol. The van der Waals surface area contributed by atoms with E-state index in [4.69, 9.17) is 4.42 Å². The van der Waals surface area contributed by atoms with Crippen LogP contribution in [0.4, 0.5) is 17.6 Å².